The molecule has 2 aliphatic rings. The van der Waals surface area contributed by atoms with Crippen molar-refractivity contribution < 1.29 is 14.3 Å². The second-order valence-electron chi connectivity index (χ2n) is 7.34. The van der Waals surface area contributed by atoms with Crippen LogP contribution >= 0.6 is 0 Å². The van der Waals surface area contributed by atoms with E-state index in [0.717, 1.165) is 44.5 Å². The second-order valence-corrected chi connectivity index (χ2v) is 10.5. The third-order valence-electron chi connectivity index (χ3n) is 5.50. The van der Waals surface area contributed by atoms with E-state index in [4.69, 9.17) is 9.47 Å². The Bertz CT molecular complexity index is 731. The van der Waals surface area contributed by atoms with E-state index in [9.17, 15) is 4.79 Å². The number of ether oxygens (including phenoxy) is 2. The van der Waals surface area contributed by atoms with Gasteiger partial charge in [0.15, 0.2) is 0 Å². The van der Waals surface area contributed by atoms with Gasteiger partial charge in [-0.3, -0.25) is 0 Å². The zero-order valence-corrected chi connectivity index (χ0v) is 17.2. The molecule has 1 saturated carbocycles. The Kier molecular flexibility index (Phi) is 6.09. The quantitative estimate of drug-likeness (QED) is 0.488. The SMILES string of the molecule is O=C(C[C@@H]([Se]C1CCC2(CC1)OCCO2)c1ccccc1)c1ccccc1. The standard InChI is InChI=1S/C23H26O3Se/c24-21(18-7-3-1-4-8-18)17-22(19-9-5-2-6-10-19)27-20-11-13-23(14-12-20)25-15-16-26-23/h1-10,20,22H,11-17H2/t22-/m1/s1. The molecule has 1 spiro atoms. The molecule has 4 heteroatoms. The Hall–Kier alpha value is -1.45. The third kappa shape index (κ3) is 4.70. The molecule has 1 saturated heterocycles. The summed E-state index contributed by atoms with van der Waals surface area (Å²) >= 11 is 0.381. The van der Waals surface area contributed by atoms with Crippen LogP contribution in [0.2, 0.25) is 4.82 Å². The Morgan fingerprint density at radius 2 is 1.56 bits per heavy atom. The number of rotatable bonds is 6. The normalized spacial score (nSPS) is 20.6. The molecule has 0 aromatic heterocycles. The maximum absolute atomic E-state index is 12.8. The molecule has 1 aliphatic heterocycles. The van der Waals surface area contributed by atoms with Gasteiger partial charge in [-0.2, -0.15) is 0 Å². The monoisotopic (exact) mass is 430 g/mol. The molecule has 0 unspecified atom stereocenters. The van der Waals surface area contributed by atoms with Crippen molar-refractivity contribution in [3.8, 4) is 0 Å². The van der Waals surface area contributed by atoms with Gasteiger partial charge in [-0.05, 0) is 0 Å². The van der Waals surface area contributed by atoms with Crippen molar-refractivity contribution >= 4 is 20.7 Å². The van der Waals surface area contributed by atoms with Crippen LogP contribution in [0.4, 0.5) is 0 Å². The molecular weight excluding hydrogens is 403 g/mol. The molecule has 0 radical (unpaired) electrons. The van der Waals surface area contributed by atoms with Crippen LogP contribution < -0.4 is 0 Å². The summed E-state index contributed by atoms with van der Waals surface area (Å²) < 4.78 is 11.7. The zero-order chi connectivity index (χ0) is 18.5. The van der Waals surface area contributed by atoms with Gasteiger partial charge in [0.2, 0.25) is 0 Å². The van der Waals surface area contributed by atoms with Gasteiger partial charge >= 0.3 is 168 Å². The average Bonchev–Trinajstić information content (AvgIpc) is 3.18. The molecule has 1 aliphatic carbocycles. The van der Waals surface area contributed by atoms with E-state index >= 15 is 0 Å². The van der Waals surface area contributed by atoms with Crippen LogP contribution in [0.25, 0.3) is 0 Å². The second kappa shape index (κ2) is 8.70. The fourth-order valence-corrected chi connectivity index (χ4v) is 7.23. The number of hydrogen-bond acceptors (Lipinski definition) is 3. The molecule has 2 fully saturated rings. The van der Waals surface area contributed by atoms with Gasteiger partial charge in [-0.25, -0.2) is 0 Å². The summed E-state index contributed by atoms with van der Waals surface area (Å²) in [4.78, 5) is 13.9. The van der Waals surface area contributed by atoms with Crippen LogP contribution in [0, 0.1) is 0 Å². The first-order valence-corrected chi connectivity index (χ1v) is 11.8. The number of hydrogen-bond donors (Lipinski definition) is 0. The summed E-state index contributed by atoms with van der Waals surface area (Å²) in [7, 11) is 0. The zero-order valence-electron chi connectivity index (χ0n) is 15.5. The fraction of sp³-hybridized carbons (Fsp3) is 0.435. The Labute approximate surface area is 167 Å². The van der Waals surface area contributed by atoms with E-state index in [2.05, 4.69) is 24.3 Å². The van der Waals surface area contributed by atoms with Gasteiger partial charge in [-0.15, -0.1) is 0 Å². The van der Waals surface area contributed by atoms with E-state index in [1.807, 2.05) is 36.4 Å². The van der Waals surface area contributed by atoms with Crippen LogP contribution in [0.15, 0.2) is 60.7 Å². The van der Waals surface area contributed by atoms with Crippen molar-refractivity contribution in [2.45, 2.75) is 47.5 Å². The average molecular weight is 429 g/mol. The maximum atomic E-state index is 12.8. The minimum absolute atomic E-state index is 0.251. The van der Waals surface area contributed by atoms with Gasteiger partial charge in [0.1, 0.15) is 0 Å². The molecule has 1 heterocycles. The topological polar surface area (TPSA) is 35.5 Å². The summed E-state index contributed by atoms with van der Waals surface area (Å²) in [5.41, 5.74) is 2.13. The van der Waals surface area contributed by atoms with Gasteiger partial charge < -0.3 is 0 Å². The third-order valence-corrected chi connectivity index (χ3v) is 8.91. The molecule has 0 amide bonds. The minimum atomic E-state index is -0.297. The predicted molar refractivity (Wildman–Crippen MR) is 107 cm³/mol. The first kappa shape index (κ1) is 18.9. The number of Topliss-reactive ketones (excluding diaryl/α,β-unsaturated/α-hetero) is 1. The van der Waals surface area contributed by atoms with Crippen LogP contribution in [0.5, 0.6) is 0 Å². The van der Waals surface area contributed by atoms with E-state index in [0.29, 0.717) is 31.0 Å². The molecule has 2 aromatic rings. The van der Waals surface area contributed by atoms with Crippen molar-refractivity contribution in [2.24, 2.45) is 0 Å². The van der Waals surface area contributed by atoms with Crippen molar-refractivity contribution in [1.29, 1.82) is 0 Å². The van der Waals surface area contributed by atoms with E-state index in [1.54, 1.807) is 0 Å². The van der Waals surface area contributed by atoms with Crippen molar-refractivity contribution in [3.63, 3.8) is 0 Å². The Morgan fingerprint density at radius 1 is 0.963 bits per heavy atom. The van der Waals surface area contributed by atoms with Crippen LogP contribution in [-0.2, 0) is 9.47 Å². The van der Waals surface area contributed by atoms with Crippen molar-refractivity contribution in [1.82, 2.24) is 0 Å². The molecule has 3 nitrogen and oxygen atoms in total. The van der Waals surface area contributed by atoms with Crippen LogP contribution in [-0.4, -0.2) is 39.7 Å². The fourth-order valence-electron chi connectivity index (χ4n) is 4.01. The van der Waals surface area contributed by atoms with Gasteiger partial charge in [0.05, 0.1) is 0 Å². The van der Waals surface area contributed by atoms with Crippen LogP contribution in [0.1, 0.15) is 52.8 Å². The van der Waals surface area contributed by atoms with Gasteiger partial charge in [0, 0.05) is 0 Å². The van der Waals surface area contributed by atoms with Gasteiger partial charge in [-0.1, -0.05) is 0 Å². The number of carbonyl (C=O) groups excluding carboxylic acids is 1. The molecule has 0 N–H and O–H groups in total. The van der Waals surface area contributed by atoms with Crippen LogP contribution in [0.3, 0.4) is 0 Å². The first-order valence-electron chi connectivity index (χ1n) is 9.81. The number of carbonyl (C=O) groups is 1. The van der Waals surface area contributed by atoms with E-state index in [1.165, 1.54) is 5.56 Å². The number of benzene rings is 2. The molecular formula is C23H26O3Se. The Balaban J connectivity index is 1.43. The summed E-state index contributed by atoms with van der Waals surface area (Å²) in [6, 6.07) is 20.3. The Morgan fingerprint density at radius 3 is 2.19 bits per heavy atom. The molecule has 0 bridgehead atoms. The van der Waals surface area contributed by atoms with E-state index in [-0.39, 0.29) is 11.6 Å². The molecule has 142 valence electrons. The van der Waals surface area contributed by atoms with Crippen molar-refractivity contribution in [3.05, 3.63) is 71.8 Å². The summed E-state index contributed by atoms with van der Waals surface area (Å²) in [6.45, 7) is 1.46. The van der Waals surface area contributed by atoms with Crippen molar-refractivity contribution in [2.75, 3.05) is 13.2 Å². The molecule has 2 aromatic carbocycles. The molecule has 27 heavy (non-hydrogen) atoms. The first-order chi connectivity index (χ1) is 13.2. The molecule has 1 atom stereocenters. The predicted octanol–water partition coefficient (Wildman–Crippen LogP) is 4.81. The van der Waals surface area contributed by atoms with E-state index < -0.39 is 0 Å². The summed E-state index contributed by atoms with van der Waals surface area (Å²) in [6.07, 6.45) is 4.87. The molecule has 4 rings (SSSR count). The number of ketones is 1. The summed E-state index contributed by atoms with van der Waals surface area (Å²) in [5, 5.41) is 0. The summed E-state index contributed by atoms with van der Waals surface area (Å²) in [5.74, 6) is -0.0460. The van der Waals surface area contributed by atoms with Gasteiger partial charge in [0.25, 0.3) is 0 Å².